The van der Waals surface area contributed by atoms with Crippen molar-refractivity contribution < 1.29 is 13.9 Å². The number of ether oxygens (including phenoxy) is 1. The number of amides is 1. The highest BCUT2D eigenvalue weighted by atomic mass is 16.5. The summed E-state index contributed by atoms with van der Waals surface area (Å²) in [7, 11) is 2.03. The molecule has 2 aliphatic rings. The molecule has 4 heterocycles. The highest BCUT2D eigenvalue weighted by molar-refractivity contribution is 5.91. The van der Waals surface area contributed by atoms with Gasteiger partial charge in [-0.15, -0.1) is 0 Å². The normalized spacial score (nSPS) is 26.5. The molecule has 4 rings (SSSR count). The van der Waals surface area contributed by atoms with Crippen LogP contribution in [0, 0.1) is 11.8 Å². The van der Waals surface area contributed by atoms with Crippen LogP contribution >= 0.6 is 0 Å². The van der Waals surface area contributed by atoms with E-state index < -0.39 is 0 Å². The van der Waals surface area contributed by atoms with Crippen LogP contribution in [0.15, 0.2) is 35.2 Å². The van der Waals surface area contributed by atoms with Gasteiger partial charge in [0.2, 0.25) is 0 Å². The number of hydrogen-bond donors (Lipinski definition) is 1. The second-order valence-electron chi connectivity index (χ2n) is 6.96. The van der Waals surface area contributed by atoms with Gasteiger partial charge in [0.1, 0.15) is 5.82 Å². The quantitative estimate of drug-likeness (QED) is 0.885. The number of piperidine rings is 1. The van der Waals surface area contributed by atoms with E-state index in [9.17, 15) is 4.79 Å². The average molecular weight is 344 g/mol. The van der Waals surface area contributed by atoms with Crippen molar-refractivity contribution in [1.29, 1.82) is 0 Å². The summed E-state index contributed by atoms with van der Waals surface area (Å²) in [6.45, 7) is 4.26. The summed E-state index contributed by atoms with van der Waals surface area (Å²) in [6, 6.07) is 3.39. The van der Waals surface area contributed by atoms with E-state index in [-0.39, 0.29) is 12.0 Å². The van der Waals surface area contributed by atoms with Crippen molar-refractivity contribution in [2.24, 2.45) is 18.9 Å². The molecule has 2 saturated heterocycles. The van der Waals surface area contributed by atoms with Gasteiger partial charge in [0.25, 0.3) is 5.91 Å². The van der Waals surface area contributed by atoms with E-state index >= 15 is 0 Å². The van der Waals surface area contributed by atoms with E-state index in [0.717, 1.165) is 38.5 Å². The number of fused-ring (bicyclic) bond motifs is 1. The molecule has 7 heteroatoms. The first-order valence-corrected chi connectivity index (χ1v) is 8.82. The third kappa shape index (κ3) is 3.48. The Labute approximate surface area is 147 Å². The maximum Gasteiger partial charge on any atom is 0.287 e. The average Bonchev–Trinajstić information content (AvgIpc) is 3.35. The molecule has 0 aromatic carbocycles. The van der Waals surface area contributed by atoms with Gasteiger partial charge in [-0.05, 0) is 31.0 Å². The first kappa shape index (κ1) is 16.4. The van der Waals surface area contributed by atoms with E-state index in [1.165, 1.54) is 6.26 Å². The van der Waals surface area contributed by atoms with Gasteiger partial charge in [-0.2, -0.15) is 0 Å². The number of nitrogens with zero attached hydrogens (tertiary/aromatic N) is 3. The Kier molecular flexibility index (Phi) is 4.59. The molecule has 0 spiro atoms. The number of furan rings is 1. The molecule has 0 unspecified atom stereocenters. The third-order valence-electron chi connectivity index (χ3n) is 5.37. The summed E-state index contributed by atoms with van der Waals surface area (Å²) in [5.41, 5.74) is 0. The lowest BCUT2D eigenvalue weighted by Gasteiger charge is -2.35. The van der Waals surface area contributed by atoms with Gasteiger partial charge in [-0.1, -0.05) is 0 Å². The molecule has 134 valence electrons. The molecular formula is C18H24N4O3. The van der Waals surface area contributed by atoms with Crippen LogP contribution in [0.1, 0.15) is 22.8 Å². The smallest absolute Gasteiger partial charge is 0.287 e. The van der Waals surface area contributed by atoms with Crippen molar-refractivity contribution in [3.63, 3.8) is 0 Å². The van der Waals surface area contributed by atoms with Crippen LogP contribution in [-0.2, 0) is 18.3 Å². The van der Waals surface area contributed by atoms with Gasteiger partial charge in [-0.25, -0.2) is 4.98 Å². The predicted octanol–water partition coefficient (Wildman–Crippen LogP) is 1.28. The maximum absolute atomic E-state index is 12.0. The van der Waals surface area contributed by atoms with E-state index in [4.69, 9.17) is 9.15 Å². The number of aromatic nitrogens is 2. The summed E-state index contributed by atoms with van der Waals surface area (Å²) in [5, 5.41) is 2.93. The molecule has 1 N–H and O–H groups in total. The standard InChI is InChI=1S/C18H24N4O3/c1-21-7-5-19-17(21)11-22-6-4-14-13(10-22)12-25-16(14)9-20-18(23)15-3-2-8-24-15/h2-3,5,7-8,13-14,16H,4,6,9-12H2,1H3,(H,20,23)/t13-,14-,16+/m1/s1. The van der Waals surface area contributed by atoms with E-state index in [1.54, 1.807) is 12.1 Å². The van der Waals surface area contributed by atoms with Crippen LogP contribution in [0.2, 0.25) is 0 Å². The maximum atomic E-state index is 12.0. The summed E-state index contributed by atoms with van der Waals surface area (Å²) in [5.74, 6) is 2.30. The number of aryl methyl sites for hydroxylation is 1. The molecule has 7 nitrogen and oxygen atoms in total. The largest absolute Gasteiger partial charge is 0.459 e. The molecule has 1 amide bonds. The van der Waals surface area contributed by atoms with Crippen molar-refractivity contribution in [1.82, 2.24) is 19.8 Å². The van der Waals surface area contributed by atoms with Gasteiger partial charge >= 0.3 is 0 Å². The van der Waals surface area contributed by atoms with Crippen LogP contribution in [0.3, 0.4) is 0 Å². The van der Waals surface area contributed by atoms with Gasteiger partial charge in [-0.3, -0.25) is 9.69 Å². The minimum absolute atomic E-state index is 0.0965. The molecule has 2 aliphatic heterocycles. The lowest BCUT2D eigenvalue weighted by molar-refractivity contribution is 0.0728. The molecule has 2 fully saturated rings. The summed E-state index contributed by atoms with van der Waals surface area (Å²) < 4.78 is 13.2. The van der Waals surface area contributed by atoms with Crippen LogP contribution in [0.25, 0.3) is 0 Å². The van der Waals surface area contributed by atoms with Crippen LogP contribution in [0.4, 0.5) is 0 Å². The Morgan fingerprint density at radius 1 is 1.48 bits per heavy atom. The zero-order chi connectivity index (χ0) is 17.2. The fraction of sp³-hybridized carbons (Fsp3) is 0.556. The Bertz CT molecular complexity index is 712. The van der Waals surface area contributed by atoms with Crippen LogP contribution in [-0.4, -0.2) is 52.7 Å². The fourth-order valence-corrected chi connectivity index (χ4v) is 3.95. The number of carbonyl (C=O) groups is 1. The molecule has 25 heavy (non-hydrogen) atoms. The van der Waals surface area contributed by atoms with Crippen molar-refractivity contribution >= 4 is 5.91 Å². The highest BCUT2D eigenvalue weighted by Gasteiger charge is 2.40. The first-order valence-electron chi connectivity index (χ1n) is 8.82. The van der Waals surface area contributed by atoms with Crippen molar-refractivity contribution in [3.05, 3.63) is 42.4 Å². The number of likely N-dealkylation sites (tertiary alicyclic amines) is 1. The van der Waals surface area contributed by atoms with Crippen LogP contribution in [0.5, 0.6) is 0 Å². The van der Waals surface area contributed by atoms with Gasteiger partial charge in [0.15, 0.2) is 5.76 Å². The molecule has 2 aromatic rings. The van der Waals surface area contributed by atoms with Crippen LogP contribution < -0.4 is 5.32 Å². The Hall–Kier alpha value is -2.12. The molecule has 0 radical (unpaired) electrons. The number of hydrogen-bond acceptors (Lipinski definition) is 5. The molecule has 0 bridgehead atoms. The monoisotopic (exact) mass is 344 g/mol. The van der Waals surface area contributed by atoms with E-state index in [0.29, 0.717) is 24.1 Å². The lowest BCUT2D eigenvalue weighted by Crippen LogP contribution is -2.43. The predicted molar refractivity (Wildman–Crippen MR) is 90.9 cm³/mol. The number of imidazole rings is 1. The van der Waals surface area contributed by atoms with E-state index in [1.807, 2.05) is 19.4 Å². The summed E-state index contributed by atoms with van der Waals surface area (Å²) >= 11 is 0. The van der Waals surface area contributed by atoms with Gasteiger partial charge in [0, 0.05) is 38.4 Å². The van der Waals surface area contributed by atoms with Crippen molar-refractivity contribution in [3.8, 4) is 0 Å². The fourth-order valence-electron chi connectivity index (χ4n) is 3.95. The summed E-state index contributed by atoms with van der Waals surface area (Å²) in [4.78, 5) is 18.9. The topological polar surface area (TPSA) is 72.5 Å². The third-order valence-corrected chi connectivity index (χ3v) is 5.37. The Balaban J connectivity index is 1.29. The minimum Gasteiger partial charge on any atom is -0.459 e. The molecule has 0 aliphatic carbocycles. The molecule has 2 aromatic heterocycles. The summed E-state index contributed by atoms with van der Waals surface area (Å²) in [6.07, 6.45) is 6.53. The first-order chi connectivity index (χ1) is 12.2. The number of rotatable bonds is 5. The lowest BCUT2D eigenvalue weighted by atomic mass is 9.84. The zero-order valence-corrected chi connectivity index (χ0v) is 14.4. The van der Waals surface area contributed by atoms with Crippen molar-refractivity contribution in [2.45, 2.75) is 19.1 Å². The number of nitrogens with one attached hydrogen (secondary N) is 1. The SMILES string of the molecule is Cn1ccnc1CN1CC[C@@H]2[C@@H](CO[C@H]2CNC(=O)c2ccco2)C1. The minimum atomic E-state index is -0.177. The zero-order valence-electron chi connectivity index (χ0n) is 14.4. The van der Waals surface area contributed by atoms with Gasteiger partial charge < -0.3 is 19.0 Å². The van der Waals surface area contributed by atoms with Crippen molar-refractivity contribution in [2.75, 3.05) is 26.2 Å². The molecular weight excluding hydrogens is 320 g/mol. The van der Waals surface area contributed by atoms with Gasteiger partial charge in [0.05, 0.1) is 25.5 Å². The second kappa shape index (κ2) is 7.01. The van der Waals surface area contributed by atoms with E-state index in [2.05, 4.69) is 19.8 Å². The molecule has 0 saturated carbocycles. The Morgan fingerprint density at radius 2 is 2.40 bits per heavy atom. The molecule has 3 atom stereocenters. The Morgan fingerprint density at radius 3 is 3.16 bits per heavy atom. The second-order valence-corrected chi connectivity index (χ2v) is 6.96. The number of carbonyl (C=O) groups excluding carboxylic acids is 1. The highest BCUT2D eigenvalue weighted by Crippen LogP contribution is 2.34.